The van der Waals surface area contributed by atoms with Gasteiger partial charge in [0, 0.05) is 72.5 Å². The van der Waals surface area contributed by atoms with Gasteiger partial charge < -0.3 is 43.3 Å². The normalized spacial score (nSPS) is 23.0. The SMILES string of the molecule is Cc1c(F)cc2c(cnn2C2CCCCO2)c1-c1c(C2CC2)cc2c(N3C[C@@H]4C[C@H]3CN4C(=O)OC(C)(C)C)nc(OC3CCOCC3)nc2c1OCc1ccc(-c2cn([C@H](C(=O)OC(=O)[C@]3(O)CCCN3)C(C)C)nn2)cc1. The van der Waals surface area contributed by atoms with Gasteiger partial charge in [-0.05, 0) is 114 Å². The summed E-state index contributed by atoms with van der Waals surface area (Å²) in [7, 11) is 0. The van der Waals surface area contributed by atoms with E-state index < -0.39 is 29.3 Å². The molecule has 2 N–H and O–H groups in total. The van der Waals surface area contributed by atoms with Gasteiger partial charge in [-0.15, -0.1) is 5.10 Å². The highest BCUT2D eigenvalue weighted by molar-refractivity contribution is 6.06. The van der Waals surface area contributed by atoms with Crippen molar-refractivity contribution in [3.63, 3.8) is 0 Å². The number of carbonyl (C=O) groups is 3. The molecule has 418 valence electrons. The largest absolute Gasteiger partial charge is 0.486 e. The number of ether oxygens (including phenoxy) is 6. The summed E-state index contributed by atoms with van der Waals surface area (Å²) >= 11 is 0. The van der Waals surface area contributed by atoms with Crippen LogP contribution >= 0.6 is 0 Å². The number of nitrogens with zero attached hydrogens (tertiary/aromatic N) is 9. The Hall–Kier alpha value is -6.81. The number of anilines is 1. The molecule has 0 spiro atoms. The van der Waals surface area contributed by atoms with Gasteiger partial charge in [0.25, 0.3) is 0 Å². The number of likely N-dealkylation sites (tertiary alicyclic amines) is 1. The molecule has 1 aliphatic carbocycles. The smallest absolute Gasteiger partial charge is 0.410 e. The minimum atomic E-state index is -1.91. The van der Waals surface area contributed by atoms with Crippen molar-refractivity contribution in [1.82, 2.24) is 45.0 Å². The minimum Gasteiger partial charge on any atom is -0.486 e. The van der Waals surface area contributed by atoms with Crippen molar-refractivity contribution >= 4 is 45.7 Å². The van der Waals surface area contributed by atoms with Crippen LogP contribution in [0, 0.1) is 18.7 Å². The van der Waals surface area contributed by atoms with E-state index in [1.54, 1.807) is 12.3 Å². The second kappa shape index (κ2) is 21.0. The second-order valence-electron chi connectivity index (χ2n) is 23.5. The zero-order valence-corrected chi connectivity index (χ0v) is 45.7. The van der Waals surface area contributed by atoms with Gasteiger partial charge in [0.15, 0.2) is 18.0 Å². The van der Waals surface area contributed by atoms with Crippen LogP contribution in [0.3, 0.4) is 0 Å². The Morgan fingerprint density at radius 2 is 1.75 bits per heavy atom. The molecule has 6 fully saturated rings. The highest BCUT2D eigenvalue weighted by Crippen LogP contribution is 2.54. The molecule has 6 aliphatic rings. The fraction of sp³-hybridized carbons (Fsp3) is 0.552. The first-order valence-electron chi connectivity index (χ1n) is 28.1. The predicted octanol–water partition coefficient (Wildman–Crippen LogP) is 8.60. The molecule has 5 saturated heterocycles. The summed E-state index contributed by atoms with van der Waals surface area (Å²) in [6.45, 7) is 14.3. The topological polar surface area (TPSA) is 220 Å². The van der Waals surface area contributed by atoms with Gasteiger partial charge in [0.05, 0.1) is 43.2 Å². The summed E-state index contributed by atoms with van der Waals surface area (Å²) in [4.78, 5) is 54.5. The number of fused-ring (bicyclic) bond motifs is 4. The molecule has 3 aromatic carbocycles. The summed E-state index contributed by atoms with van der Waals surface area (Å²) < 4.78 is 57.0. The third kappa shape index (κ3) is 10.4. The van der Waals surface area contributed by atoms with Crippen LogP contribution in [-0.4, -0.2) is 132 Å². The van der Waals surface area contributed by atoms with Crippen molar-refractivity contribution < 1.29 is 52.3 Å². The summed E-state index contributed by atoms with van der Waals surface area (Å²) in [6.07, 6.45) is 9.95. The number of aromatic nitrogens is 7. The molecular formula is C58H69FN10O10. The van der Waals surface area contributed by atoms with Gasteiger partial charge >= 0.3 is 24.0 Å². The second-order valence-corrected chi connectivity index (χ2v) is 23.5. The van der Waals surface area contributed by atoms with E-state index in [4.69, 9.17) is 43.5 Å². The maximum atomic E-state index is 16.9. The van der Waals surface area contributed by atoms with Gasteiger partial charge in [-0.25, -0.2) is 28.1 Å². The first-order valence-corrected chi connectivity index (χ1v) is 28.1. The van der Waals surface area contributed by atoms with Gasteiger partial charge in [0.1, 0.15) is 41.2 Å². The Kier molecular flexibility index (Phi) is 14.1. The van der Waals surface area contributed by atoms with Gasteiger partial charge in [0.2, 0.25) is 5.72 Å². The molecule has 20 nitrogen and oxygen atoms in total. The molecule has 3 aromatic heterocycles. The summed E-state index contributed by atoms with van der Waals surface area (Å²) in [6, 6.07) is 10.5. The van der Waals surface area contributed by atoms with E-state index in [0.29, 0.717) is 104 Å². The number of halogens is 1. The summed E-state index contributed by atoms with van der Waals surface area (Å²) in [5.74, 6) is -1.31. The molecule has 6 aromatic rings. The lowest BCUT2D eigenvalue weighted by atomic mass is 9.88. The third-order valence-electron chi connectivity index (χ3n) is 16.3. The molecule has 1 amide bonds. The molecule has 1 unspecified atom stereocenters. The Morgan fingerprint density at radius 1 is 0.949 bits per heavy atom. The first-order chi connectivity index (χ1) is 38.0. The number of aliphatic hydroxyl groups is 1. The molecule has 21 heteroatoms. The van der Waals surface area contributed by atoms with Crippen molar-refractivity contribution in [2.24, 2.45) is 5.92 Å². The van der Waals surface area contributed by atoms with Crippen LogP contribution in [0.4, 0.5) is 15.0 Å². The van der Waals surface area contributed by atoms with Crippen LogP contribution in [0.1, 0.15) is 134 Å². The van der Waals surface area contributed by atoms with Crippen molar-refractivity contribution in [3.8, 4) is 34.1 Å². The zero-order chi connectivity index (χ0) is 54.9. The number of hydrogen-bond acceptors (Lipinski definition) is 17. The number of nitrogens with one attached hydrogen (secondary N) is 1. The molecule has 1 saturated carbocycles. The fourth-order valence-electron chi connectivity index (χ4n) is 12.0. The Bertz CT molecular complexity index is 3300. The van der Waals surface area contributed by atoms with Crippen LogP contribution in [-0.2, 0) is 35.1 Å². The Balaban J connectivity index is 0.942. The average molecular weight is 1090 g/mol. The van der Waals surface area contributed by atoms with E-state index >= 15 is 4.39 Å². The van der Waals surface area contributed by atoms with Crippen LogP contribution in [0.15, 0.2) is 48.8 Å². The van der Waals surface area contributed by atoms with E-state index in [9.17, 15) is 19.5 Å². The highest BCUT2D eigenvalue weighted by Gasteiger charge is 2.48. The molecule has 5 atom stereocenters. The van der Waals surface area contributed by atoms with E-state index in [2.05, 4.69) is 26.6 Å². The first kappa shape index (κ1) is 52.9. The van der Waals surface area contributed by atoms with Crippen LogP contribution in [0.25, 0.3) is 44.2 Å². The third-order valence-corrected chi connectivity index (χ3v) is 16.3. The molecule has 8 heterocycles. The number of amides is 1. The lowest BCUT2D eigenvalue weighted by Gasteiger charge is -2.36. The highest BCUT2D eigenvalue weighted by atomic mass is 19.1. The molecular weight excluding hydrogens is 1020 g/mol. The quantitative estimate of drug-likeness (QED) is 0.0770. The molecule has 12 rings (SSSR count). The summed E-state index contributed by atoms with van der Waals surface area (Å²) in [5, 5.41) is 28.5. The van der Waals surface area contributed by atoms with E-state index in [-0.39, 0.29) is 67.2 Å². The summed E-state index contributed by atoms with van der Waals surface area (Å²) in [5.41, 5.74) is 3.46. The molecule has 0 radical (unpaired) electrons. The number of carbonyl (C=O) groups excluding carboxylic acids is 3. The number of hydrogen-bond donors (Lipinski definition) is 2. The van der Waals surface area contributed by atoms with Crippen LogP contribution in [0.2, 0.25) is 0 Å². The van der Waals surface area contributed by atoms with Crippen LogP contribution < -0.4 is 19.7 Å². The zero-order valence-electron chi connectivity index (χ0n) is 45.7. The standard InChI is InChI=1S/C58H69FN10O10/c1-32(2)50(53(70)78-54(71)58(73)19-9-20-60-58)68-30-44(64-65-68)36-13-11-34(12-14-36)31-76-51-48(47-33(3)43(59)26-45-42(47)27-61-69(45)46-10-7-8-21-75-46)40(35-15-16-35)25-41-49(51)62-55(77-39-17-22-74-23-18-39)63-52(41)66-28-38-24-37(66)29-67(38)56(72)79-57(4,5)6/h11-14,25-27,30,32,35,37-39,46,50,60,73H,7-10,15-24,28-29,31H2,1-6H3/t37-,38-,46?,50-,58+/m0/s1. The Labute approximate surface area is 457 Å². The van der Waals surface area contributed by atoms with Gasteiger partial charge in [-0.2, -0.15) is 15.1 Å². The van der Waals surface area contributed by atoms with Gasteiger partial charge in [-0.1, -0.05) is 43.3 Å². The van der Waals surface area contributed by atoms with E-state index in [0.717, 1.165) is 66.0 Å². The van der Waals surface area contributed by atoms with Crippen molar-refractivity contribution in [3.05, 3.63) is 71.3 Å². The minimum absolute atomic E-state index is 0.0553. The lowest BCUT2D eigenvalue weighted by Crippen LogP contribution is -2.50. The number of piperazine rings is 1. The van der Waals surface area contributed by atoms with Crippen molar-refractivity contribution in [2.75, 3.05) is 44.4 Å². The molecule has 2 bridgehead atoms. The van der Waals surface area contributed by atoms with Crippen molar-refractivity contribution in [1.29, 1.82) is 0 Å². The number of esters is 2. The van der Waals surface area contributed by atoms with Crippen LogP contribution in [0.5, 0.6) is 11.8 Å². The Morgan fingerprint density at radius 3 is 2.43 bits per heavy atom. The predicted molar refractivity (Wildman–Crippen MR) is 288 cm³/mol. The lowest BCUT2D eigenvalue weighted by molar-refractivity contribution is -0.178. The maximum Gasteiger partial charge on any atom is 0.410 e. The molecule has 79 heavy (non-hydrogen) atoms. The molecule has 5 aliphatic heterocycles. The van der Waals surface area contributed by atoms with E-state index in [1.807, 2.05) is 81.6 Å². The maximum absolute atomic E-state index is 16.9. The van der Waals surface area contributed by atoms with E-state index in [1.165, 1.54) is 4.68 Å². The van der Waals surface area contributed by atoms with Crippen molar-refractivity contribution in [2.45, 2.75) is 160 Å². The average Bonchev–Trinajstić information content (AvgIpc) is 4.02. The van der Waals surface area contributed by atoms with Gasteiger partial charge in [-0.3, -0.25) is 5.32 Å². The monoisotopic (exact) mass is 1080 g/mol. The number of rotatable bonds is 14. The fourth-order valence-corrected chi connectivity index (χ4v) is 12.0. The number of benzene rings is 3.